The van der Waals surface area contributed by atoms with Crippen molar-refractivity contribution in [2.45, 2.75) is 0 Å². The van der Waals surface area contributed by atoms with E-state index in [1.54, 1.807) is 0 Å². The smallest absolute Gasteiger partial charge is 0.338 e. The van der Waals surface area contributed by atoms with Crippen LogP contribution in [0.4, 0.5) is 0 Å². The van der Waals surface area contributed by atoms with E-state index in [1.807, 2.05) is 0 Å². The Hall–Kier alpha value is -1.36. The van der Waals surface area contributed by atoms with Gasteiger partial charge in [-0.1, -0.05) is 0 Å². The summed E-state index contributed by atoms with van der Waals surface area (Å²) in [6, 6.07) is 0. The van der Waals surface area contributed by atoms with Gasteiger partial charge in [-0.2, -0.15) is 5.10 Å². The maximum Gasteiger partial charge on any atom is 0.338 e. The molecule has 0 unspecified atom stereocenters. The lowest BCUT2D eigenvalue weighted by molar-refractivity contribution is 0.0697. The molecule has 0 bridgehead atoms. The molecule has 1 heterocycles. The molecule has 0 aromatic carbocycles. The van der Waals surface area contributed by atoms with Gasteiger partial charge in [0.15, 0.2) is 0 Å². The van der Waals surface area contributed by atoms with E-state index in [-0.39, 0.29) is 11.0 Å². The molecule has 0 radical (unpaired) electrons. The quantitative estimate of drug-likeness (QED) is 0.525. The number of hydrogen-bond acceptors (Lipinski definition) is 2. The van der Waals surface area contributed by atoms with Crippen LogP contribution in [-0.2, 0) is 0 Å². The van der Waals surface area contributed by atoms with Crippen molar-refractivity contribution in [3.63, 3.8) is 0 Å². The predicted octanol–water partition coefficient (Wildman–Crippen LogP) is -0.717. The van der Waals surface area contributed by atoms with Gasteiger partial charge in [0.1, 0.15) is 0 Å². The van der Waals surface area contributed by atoms with E-state index < -0.39 is 5.97 Å². The van der Waals surface area contributed by atoms with Crippen LogP contribution >= 0.6 is 0 Å². The number of nitrogens with one attached hydrogen (secondary N) is 1. The molecule has 1 rings (SSSR count). The minimum atomic E-state index is -0.959. The van der Waals surface area contributed by atoms with Crippen LogP contribution in [0.5, 0.6) is 0 Å². The summed E-state index contributed by atoms with van der Waals surface area (Å²) >= 11 is 0. The zero-order valence-corrected chi connectivity index (χ0v) is 4.46. The number of aromatic nitrogens is 2. The van der Waals surface area contributed by atoms with Crippen LogP contribution in [0.25, 0.3) is 0 Å². The summed E-state index contributed by atoms with van der Waals surface area (Å²) in [6.45, 7) is 0. The zero-order chi connectivity index (χ0) is 5.98. The highest BCUT2D eigenvalue weighted by Crippen LogP contribution is 1.90. The van der Waals surface area contributed by atoms with Gasteiger partial charge in [0.2, 0.25) is 0 Å². The van der Waals surface area contributed by atoms with Crippen LogP contribution < -0.4 is 0 Å². The second-order valence-corrected chi connectivity index (χ2v) is 1.29. The molecular weight excluding hydrogens is 124 g/mol. The molecule has 0 saturated carbocycles. The molecule has 5 nitrogen and oxygen atoms in total. The number of H-pyrrole nitrogens is 1. The number of aromatic amines is 1. The van der Waals surface area contributed by atoms with Crippen molar-refractivity contribution in [1.82, 2.24) is 10.2 Å². The monoisotopic (exact) mass is 130 g/mol. The third kappa shape index (κ3) is 1.54. The Balaban J connectivity index is 0.000000640. The molecule has 5 heteroatoms. The molecular formula is C4H6N2O3. The standard InChI is InChI=1S/C4H4N2O2.H2O/c7-4(8)3-1-5-6-2-3;/h1-2H,(H,5,6)(H,7,8);1H2. The summed E-state index contributed by atoms with van der Waals surface area (Å²) in [5.74, 6) is -0.959. The van der Waals surface area contributed by atoms with E-state index in [0.29, 0.717) is 0 Å². The number of nitrogens with zero attached hydrogens (tertiary/aromatic N) is 1. The molecule has 0 spiro atoms. The van der Waals surface area contributed by atoms with E-state index in [0.717, 1.165) is 0 Å². The Morgan fingerprint density at radius 2 is 2.44 bits per heavy atom. The van der Waals surface area contributed by atoms with Crippen LogP contribution in [-0.4, -0.2) is 26.7 Å². The molecule has 0 saturated heterocycles. The number of hydrogen-bond donors (Lipinski definition) is 2. The van der Waals surface area contributed by atoms with Crippen molar-refractivity contribution in [2.75, 3.05) is 0 Å². The Kier molecular flexibility index (Phi) is 2.40. The van der Waals surface area contributed by atoms with Crippen LogP contribution in [0.2, 0.25) is 0 Å². The Morgan fingerprint density at radius 3 is 2.67 bits per heavy atom. The van der Waals surface area contributed by atoms with E-state index >= 15 is 0 Å². The van der Waals surface area contributed by atoms with Crippen LogP contribution in [0.1, 0.15) is 10.4 Å². The summed E-state index contributed by atoms with van der Waals surface area (Å²) in [5.41, 5.74) is 0.185. The molecule has 0 aliphatic carbocycles. The first-order valence-electron chi connectivity index (χ1n) is 2.03. The molecule has 4 N–H and O–H groups in total. The van der Waals surface area contributed by atoms with Crippen molar-refractivity contribution in [1.29, 1.82) is 0 Å². The molecule has 0 atom stereocenters. The van der Waals surface area contributed by atoms with Gasteiger partial charge in [-0.3, -0.25) is 5.10 Å². The molecule has 1 aromatic heterocycles. The highest BCUT2D eigenvalue weighted by Gasteiger charge is 1.99. The fraction of sp³-hybridized carbons (Fsp3) is 0. The number of rotatable bonds is 1. The van der Waals surface area contributed by atoms with Crippen molar-refractivity contribution in [3.8, 4) is 0 Å². The lowest BCUT2D eigenvalue weighted by Crippen LogP contribution is -1.91. The molecule has 1 aromatic rings. The Morgan fingerprint density at radius 1 is 1.78 bits per heavy atom. The molecule has 0 aliphatic rings. The summed E-state index contributed by atoms with van der Waals surface area (Å²) in [6.07, 6.45) is 2.57. The van der Waals surface area contributed by atoms with Crippen molar-refractivity contribution in [3.05, 3.63) is 18.0 Å². The van der Waals surface area contributed by atoms with Gasteiger partial charge in [-0.15, -0.1) is 0 Å². The normalized spacial score (nSPS) is 8.00. The van der Waals surface area contributed by atoms with Crippen molar-refractivity contribution >= 4 is 5.97 Å². The van der Waals surface area contributed by atoms with E-state index in [4.69, 9.17) is 5.11 Å². The van der Waals surface area contributed by atoms with Gasteiger partial charge in [-0.25, -0.2) is 4.79 Å². The number of aromatic carboxylic acids is 1. The third-order valence-corrected chi connectivity index (χ3v) is 0.745. The highest BCUT2D eigenvalue weighted by atomic mass is 16.4. The number of carboxylic acids is 1. The first-order valence-corrected chi connectivity index (χ1v) is 2.03. The maximum absolute atomic E-state index is 10.0. The highest BCUT2D eigenvalue weighted by molar-refractivity contribution is 5.86. The summed E-state index contributed by atoms with van der Waals surface area (Å²) in [7, 11) is 0. The minimum Gasteiger partial charge on any atom is -0.478 e. The Bertz CT molecular complexity index is 182. The maximum atomic E-state index is 10.0. The predicted molar refractivity (Wildman–Crippen MR) is 29.2 cm³/mol. The van der Waals surface area contributed by atoms with Gasteiger partial charge < -0.3 is 10.6 Å². The SMILES string of the molecule is O.O=C(O)c1cn[nH]c1. The third-order valence-electron chi connectivity index (χ3n) is 0.745. The fourth-order valence-corrected chi connectivity index (χ4v) is 0.368. The average Bonchev–Trinajstić information content (AvgIpc) is 2.12. The first-order chi connectivity index (χ1) is 3.80. The van der Waals surface area contributed by atoms with E-state index in [2.05, 4.69) is 10.2 Å². The molecule has 50 valence electrons. The van der Waals surface area contributed by atoms with E-state index in [9.17, 15) is 4.79 Å². The summed E-state index contributed by atoms with van der Waals surface area (Å²) < 4.78 is 0. The van der Waals surface area contributed by atoms with Gasteiger partial charge in [0, 0.05) is 6.20 Å². The number of carbonyl (C=O) groups is 1. The second-order valence-electron chi connectivity index (χ2n) is 1.29. The first kappa shape index (κ1) is 7.64. The molecule has 9 heavy (non-hydrogen) atoms. The summed E-state index contributed by atoms with van der Waals surface area (Å²) in [5, 5.41) is 14.0. The van der Waals surface area contributed by atoms with Gasteiger partial charge in [-0.05, 0) is 0 Å². The topological polar surface area (TPSA) is 97.5 Å². The Labute approximate surface area is 50.6 Å². The second kappa shape index (κ2) is 2.83. The van der Waals surface area contributed by atoms with Gasteiger partial charge in [0.25, 0.3) is 0 Å². The van der Waals surface area contributed by atoms with Gasteiger partial charge >= 0.3 is 5.97 Å². The average molecular weight is 130 g/mol. The minimum absolute atomic E-state index is 0. The molecule has 0 fully saturated rings. The van der Waals surface area contributed by atoms with Crippen LogP contribution in [0.3, 0.4) is 0 Å². The number of carboxylic acid groups (broad SMARTS) is 1. The fourth-order valence-electron chi connectivity index (χ4n) is 0.368. The van der Waals surface area contributed by atoms with Crippen LogP contribution in [0, 0.1) is 0 Å². The largest absolute Gasteiger partial charge is 0.478 e. The van der Waals surface area contributed by atoms with E-state index in [1.165, 1.54) is 12.4 Å². The van der Waals surface area contributed by atoms with Crippen molar-refractivity contribution in [2.24, 2.45) is 0 Å². The molecule has 0 amide bonds. The van der Waals surface area contributed by atoms with Gasteiger partial charge in [0.05, 0.1) is 11.8 Å². The lowest BCUT2D eigenvalue weighted by Gasteiger charge is -1.77. The van der Waals surface area contributed by atoms with Crippen molar-refractivity contribution < 1.29 is 15.4 Å². The lowest BCUT2D eigenvalue weighted by atomic mass is 10.4. The molecule has 0 aliphatic heterocycles. The van der Waals surface area contributed by atoms with Crippen LogP contribution in [0.15, 0.2) is 12.4 Å². The zero-order valence-electron chi connectivity index (χ0n) is 4.46. The summed E-state index contributed by atoms with van der Waals surface area (Å²) in [4.78, 5) is 10.0.